The Balaban J connectivity index is 1.18. The molecule has 0 aliphatic carbocycles. The van der Waals surface area contributed by atoms with Gasteiger partial charge in [0, 0.05) is 46.3 Å². The van der Waals surface area contributed by atoms with Gasteiger partial charge >= 0.3 is 0 Å². The first-order chi connectivity index (χ1) is 28.4. The Morgan fingerprint density at radius 3 is 1.98 bits per heavy atom. The minimum Gasteiger partial charge on any atom is -0.458 e. The number of aromatic nitrogens is 4. The van der Waals surface area contributed by atoms with Crippen molar-refractivity contribution in [3.05, 3.63) is 210 Å². The van der Waals surface area contributed by atoms with Gasteiger partial charge in [0.15, 0.2) is 0 Å². The second-order valence-corrected chi connectivity index (χ2v) is 17.6. The number of ether oxygens (including phenoxy) is 1. The van der Waals surface area contributed by atoms with Gasteiger partial charge in [-0.25, -0.2) is 4.98 Å². The van der Waals surface area contributed by atoms with Crippen LogP contribution < -0.4 is 9.30 Å². The molecular weight excluding hydrogens is 721 g/mol. The zero-order valence-electron chi connectivity index (χ0n) is 34.9. The van der Waals surface area contributed by atoms with Crippen LogP contribution in [0.4, 0.5) is 0 Å². The quantitative estimate of drug-likeness (QED) is 0.108. The number of hydrogen-bond acceptors (Lipinski definition) is 2. The van der Waals surface area contributed by atoms with Crippen LogP contribution in [-0.2, 0) is 16.2 Å². The topological polar surface area (TPSA) is 35.9 Å². The first kappa shape index (κ1) is 37.8. The summed E-state index contributed by atoms with van der Waals surface area (Å²) in [6.45, 7) is 15.9. The minimum absolute atomic E-state index is 0.0538. The Bertz CT molecular complexity index is 2950. The summed E-state index contributed by atoms with van der Waals surface area (Å²) in [5.41, 5.74) is 9.76. The van der Waals surface area contributed by atoms with E-state index in [1.54, 1.807) is 0 Å². The van der Waals surface area contributed by atoms with E-state index in [4.69, 9.17) is 9.72 Å². The zero-order valence-corrected chi connectivity index (χ0v) is 34.9. The highest BCUT2D eigenvalue weighted by Crippen LogP contribution is 2.45. The van der Waals surface area contributed by atoms with Crippen LogP contribution in [0.25, 0.3) is 39.0 Å². The lowest BCUT2D eigenvalue weighted by atomic mass is 9.76. The first-order valence-corrected chi connectivity index (χ1v) is 20.5. The molecule has 0 aliphatic rings. The molecule has 6 aromatic carbocycles. The van der Waals surface area contributed by atoms with Crippen molar-refractivity contribution < 1.29 is 9.30 Å². The maximum atomic E-state index is 6.92. The van der Waals surface area contributed by atoms with Crippen LogP contribution in [0, 0.1) is 6.33 Å². The van der Waals surface area contributed by atoms with E-state index in [0.29, 0.717) is 0 Å². The van der Waals surface area contributed by atoms with Crippen molar-refractivity contribution in [1.82, 2.24) is 14.1 Å². The van der Waals surface area contributed by atoms with E-state index in [1.165, 1.54) is 38.6 Å². The van der Waals surface area contributed by atoms with Gasteiger partial charge in [0.25, 0.3) is 6.33 Å². The van der Waals surface area contributed by atoms with Gasteiger partial charge in [-0.1, -0.05) is 146 Å². The number of imidazole rings is 1. The fourth-order valence-corrected chi connectivity index (χ4v) is 8.39. The number of nitrogens with zero attached hydrogens (tertiary/aromatic N) is 4. The number of fused-ring (bicyclic) bond motifs is 3. The van der Waals surface area contributed by atoms with E-state index in [-0.39, 0.29) is 16.2 Å². The third-order valence-electron chi connectivity index (χ3n) is 12.0. The predicted octanol–water partition coefficient (Wildman–Crippen LogP) is 12.8. The molecule has 0 N–H and O–H groups in total. The smallest absolute Gasteiger partial charge is 0.268 e. The molecule has 59 heavy (non-hydrogen) atoms. The Kier molecular flexibility index (Phi) is 9.35. The largest absolute Gasteiger partial charge is 0.458 e. The molecule has 292 valence electrons. The monoisotopic (exact) mass is 770 g/mol. The molecule has 0 saturated carbocycles. The van der Waals surface area contributed by atoms with Crippen molar-refractivity contribution >= 4 is 21.8 Å². The molecule has 0 bridgehead atoms. The number of pyridine rings is 1. The molecule has 0 atom stereocenters. The molecule has 0 aliphatic heterocycles. The van der Waals surface area contributed by atoms with E-state index in [2.05, 4.69) is 205 Å². The summed E-state index contributed by atoms with van der Waals surface area (Å²) < 4.78 is 13.3. The zero-order chi connectivity index (χ0) is 40.9. The van der Waals surface area contributed by atoms with Crippen molar-refractivity contribution in [3.63, 3.8) is 0 Å². The average molecular weight is 771 g/mol. The van der Waals surface area contributed by atoms with Gasteiger partial charge in [0.05, 0.1) is 22.4 Å². The highest BCUT2D eigenvalue weighted by atomic mass is 16.5. The summed E-state index contributed by atoms with van der Waals surface area (Å²) in [6, 6.07) is 55.8. The maximum Gasteiger partial charge on any atom is 0.268 e. The standard InChI is InChI=1S/C54H50N4O/c1-52(2,3)40-22-16-23-42(32-40)56-30-31-57(37-56)43-24-17-25-44(34-43)59-45-35-47(54(6,7)39-20-12-9-13-21-39)51-46-26-14-15-27-48(46)58(49(51)36-45)50-33-41(28-29-55-50)53(4,5)38-18-10-8-11-19-38/h8-36H,1-7H3. The Labute approximate surface area is 347 Å². The first-order valence-electron chi connectivity index (χ1n) is 20.5. The second kappa shape index (κ2) is 14.6. The molecule has 0 saturated heterocycles. The Morgan fingerprint density at radius 2 is 1.24 bits per heavy atom. The van der Waals surface area contributed by atoms with E-state index < -0.39 is 0 Å². The van der Waals surface area contributed by atoms with Crippen molar-refractivity contribution in [2.75, 3.05) is 0 Å². The molecule has 9 aromatic rings. The lowest BCUT2D eigenvalue weighted by Crippen LogP contribution is -2.29. The summed E-state index contributed by atoms with van der Waals surface area (Å²) in [5, 5.41) is 2.36. The molecule has 5 nitrogen and oxygen atoms in total. The highest BCUT2D eigenvalue weighted by Gasteiger charge is 2.30. The van der Waals surface area contributed by atoms with Crippen molar-refractivity contribution in [1.29, 1.82) is 0 Å². The third-order valence-corrected chi connectivity index (χ3v) is 12.0. The molecule has 9 rings (SSSR count). The van der Waals surface area contributed by atoms with Crippen molar-refractivity contribution in [3.8, 4) is 28.7 Å². The van der Waals surface area contributed by atoms with Crippen LogP contribution >= 0.6 is 0 Å². The highest BCUT2D eigenvalue weighted by molar-refractivity contribution is 6.11. The van der Waals surface area contributed by atoms with Crippen molar-refractivity contribution in [2.45, 2.75) is 64.7 Å². The molecular formula is C54H50N4O. The summed E-state index contributed by atoms with van der Waals surface area (Å²) in [4.78, 5) is 5.05. The van der Waals surface area contributed by atoms with Crippen molar-refractivity contribution in [2.24, 2.45) is 0 Å². The number of para-hydroxylation sites is 1. The average Bonchev–Trinajstić information content (AvgIpc) is 3.88. The van der Waals surface area contributed by atoms with Crippen LogP contribution in [0.15, 0.2) is 176 Å². The SMILES string of the molecule is CC(C)(C)c1cccc(-[n+]2[c-]n(-c3cccc(Oc4cc(C(C)(C)c5ccccc5)c5c6ccccc6n(-c6cc(C(C)(C)c7ccccc7)ccn6)c5c4)c3)cc2)c1. The van der Waals surface area contributed by atoms with Crippen LogP contribution in [0.3, 0.4) is 0 Å². The summed E-state index contributed by atoms with van der Waals surface area (Å²) in [5.74, 6) is 2.36. The maximum absolute atomic E-state index is 6.92. The van der Waals surface area contributed by atoms with Gasteiger partial charge < -0.3 is 4.74 Å². The van der Waals surface area contributed by atoms with Gasteiger partial charge in [-0.2, -0.15) is 0 Å². The van der Waals surface area contributed by atoms with Crippen LogP contribution in [-0.4, -0.2) is 14.1 Å². The second-order valence-electron chi connectivity index (χ2n) is 17.6. The van der Waals surface area contributed by atoms with E-state index in [9.17, 15) is 0 Å². The molecule has 3 heterocycles. The molecule has 0 unspecified atom stereocenters. The molecule has 3 aromatic heterocycles. The molecule has 0 spiro atoms. The van der Waals surface area contributed by atoms with Crippen LogP contribution in [0.5, 0.6) is 11.5 Å². The van der Waals surface area contributed by atoms with E-state index in [1.807, 2.05) is 39.9 Å². The lowest BCUT2D eigenvalue weighted by Gasteiger charge is -2.28. The number of benzene rings is 6. The Hall–Kier alpha value is -6.72. The van der Waals surface area contributed by atoms with Gasteiger partial charge in [-0.15, -0.1) is 0 Å². The molecule has 5 heteroatoms. The minimum atomic E-state index is -0.363. The molecule has 0 radical (unpaired) electrons. The van der Waals surface area contributed by atoms with Gasteiger partial charge in [-0.05, 0) is 87.8 Å². The van der Waals surface area contributed by atoms with Crippen LogP contribution in [0.1, 0.15) is 76.3 Å². The van der Waals surface area contributed by atoms with Crippen LogP contribution in [0.2, 0.25) is 0 Å². The third kappa shape index (κ3) is 7.01. The van der Waals surface area contributed by atoms with E-state index in [0.717, 1.165) is 39.7 Å². The van der Waals surface area contributed by atoms with E-state index >= 15 is 0 Å². The summed E-state index contributed by atoms with van der Waals surface area (Å²) in [6.07, 6.45) is 9.55. The fourth-order valence-electron chi connectivity index (χ4n) is 8.39. The molecule has 0 fully saturated rings. The molecule has 0 amide bonds. The lowest BCUT2D eigenvalue weighted by molar-refractivity contribution is -0.599. The predicted molar refractivity (Wildman–Crippen MR) is 241 cm³/mol. The fraction of sp³-hybridized carbons (Fsp3) is 0.185. The number of rotatable bonds is 9. The van der Waals surface area contributed by atoms with Gasteiger partial charge in [0.1, 0.15) is 17.3 Å². The van der Waals surface area contributed by atoms with Gasteiger partial charge in [0.2, 0.25) is 0 Å². The number of hydrogen-bond donors (Lipinski definition) is 0. The normalized spacial score (nSPS) is 12.3. The van der Waals surface area contributed by atoms with Gasteiger partial charge in [-0.3, -0.25) is 13.7 Å². The summed E-state index contributed by atoms with van der Waals surface area (Å²) >= 11 is 0. The Morgan fingerprint density at radius 1 is 0.559 bits per heavy atom. The summed E-state index contributed by atoms with van der Waals surface area (Å²) in [7, 11) is 0.